The second kappa shape index (κ2) is 10.9. The van der Waals surface area contributed by atoms with E-state index in [1.165, 1.54) is 12.1 Å². The number of carboxylic acids is 1. The highest BCUT2D eigenvalue weighted by atomic mass is 19.4. The fourth-order valence-electron chi connectivity index (χ4n) is 4.96. The van der Waals surface area contributed by atoms with Gasteiger partial charge in [-0.15, -0.1) is 0 Å². The van der Waals surface area contributed by atoms with E-state index in [1.807, 2.05) is 48.5 Å². The number of aryl methyl sites for hydroxylation is 1. The molecule has 6 nitrogen and oxygen atoms in total. The third kappa shape index (κ3) is 6.11. The van der Waals surface area contributed by atoms with Gasteiger partial charge in [-0.3, -0.25) is 4.79 Å². The molecule has 3 aromatic carbocycles. The van der Waals surface area contributed by atoms with Gasteiger partial charge in [0.05, 0.1) is 24.3 Å². The molecule has 2 N–H and O–H groups in total. The number of aliphatic carboxylic acids is 1. The number of aliphatic hydroxyl groups is 1. The van der Waals surface area contributed by atoms with Crippen LogP contribution in [-0.4, -0.2) is 27.6 Å². The van der Waals surface area contributed by atoms with E-state index in [2.05, 4.69) is 5.16 Å². The summed E-state index contributed by atoms with van der Waals surface area (Å²) in [4.78, 5) is 11.2. The predicted octanol–water partition coefficient (Wildman–Crippen LogP) is 6.92. The lowest BCUT2D eigenvalue weighted by atomic mass is 9.91. The van der Waals surface area contributed by atoms with Gasteiger partial charge >= 0.3 is 12.1 Å². The molecule has 1 saturated carbocycles. The van der Waals surface area contributed by atoms with Crippen molar-refractivity contribution in [3.05, 3.63) is 101 Å². The van der Waals surface area contributed by atoms with Crippen molar-refractivity contribution in [1.82, 2.24) is 5.16 Å². The van der Waals surface area contributed by atoms with Crippen LogP contribution >= 0.6 is 0 Å². The molecule has 0 radical (unpaired) electrons. The molecule has 0 spiro atoms. The molecule has 9 heteroatoms. The highest BCUT2D eigenvalue weighted by molar-refractivity contribution is 5.72. The van der Waals surface area contributed by atoms with Crippen LogP contribution in [-0.2, 0) is 34.2 Å². The standard InChI is InChI=1S/C31H28F3NO5/c1-19-26(16-28(38)39-18-20-3-2-4-25(15-20)31(32,33)34)29(40-35-19)23-7-5-21(6-8-23)22-9-11-24(12-10-22)30(13-14-30)17-27(36)37/h2-12,15,28,38H,13-14,16-18H2,1H3,(H,36,37). The number of nitrogens with zero attached hydrogens (tertiary/aromatic N) is 1. The summed E-state index contributed by atoms with van der Waals surface area (Å²) < 4.78 is 49.9. The summed E-state index contributed by atoms with van der Waals surface area (Å²) in [6, 6.07) is 20.4. The minimum Gasteiger partial charge on any atom is -0.481 e. The maximum atomic E-state index is 13.0. The van der Waals surface area contributed by atoms with Gasteiger partial charge in [0.25, 0.3) is 0 Å². The number of aromatic nitrogens is 1. The summed E-state index contributed by atoms with van der Waals surface area (Å²) in [7, 11) is 0. The molecule has 0 aliphatic heterocycles. The maximum Gasteiger partial charge on any atom is 0.416 e. The van der Waals surface area contributed by atoms with Crippen LogP contribution in [0.4, 0.5) is 13.2 Å². The second-order valence-electron chi connectivity index (χ2n) is 10.2. The van der Waals surface area contributed by atoms with Crippen LogP contribution in [0.15, 0.2) is 77.3 Å². The van der Waals surface area contributed by atoms with E-state index < -0.39 is 24.0 Å². The number of alkyl halides is 3. The molecule has 1 heterocycles. The van der Waals surface area contributed by atoms with E-state index in [9.17, 15) is 28.2 Å². The first-order valence-electron chi connectivity index (χ1n) is 12.9. The van der Waals surface area contributed by atoms with Crippen molar-refractivity contribution in [1.29, 1.82) is 0 Å². The summed E-state index contributed by atoms with van der Waals surface area (Å²) in [5.74, 6) is -0.306. The van der Waals surface area contributed by atoms with Gasteiger partial charge < -0.3 is 19.5 Å². The lowest BCUT2D eigenvalue weighted by Crippen LogP contribution is -2.16. The Bertz CT molecular complexity index is 1490. The molecule has 0 amide bonds. The number of carbonyl (C=O) groups is 1. The molecule has 4 aromatic rings. The van der Waals surface area contributed by atoms with Gasteiger partial charge in [-0.05, 0) is 54.2 Å². The van der Waals surface area contributed by atoms with Gasteiger partial charge in [-0.2, -0.15) is 13.2 Å². The van der Waals surface area contributed by atoms with Crippen molar-refractivity contribution in [2.45, 2.75) is 57.1 Å². The number of benzene rings is 3. The predicted molar refractivity (Wildman–Crippen MR) is 141 cm³/mol. The zero-order chi connectivity index (χ0) is 28.5. The zero-order valence-electron chi connectivity index (χ0n) is 21.7. The number of halogens is 3. The first kappa shape index (κ1) is 27.6. The first-order chi connectivity index (χ1) is 19.0. The Morgan fingerprint density at radius 3 is 2.25 bits per heavy atom. The average Bonchev–Trinajstić information content (AvgIpc) is 3.62. The number of hydrogen-bond acceptors (Lipinski definition) is 5. The highest BCUT2D eigenvalue weighted by Gasteiger charge is 2.45. The van der Waals surface area contributed by atoms with Crippen LogP contribution < -0.4 is 0 Å². The molecule has 40 heavy (non-hydrogen) atoms. The Hall–Kier alpha value is -3.95. The van der Waals surface area contributed by atoms with E-state index in [0.29, 0.717) is 22.6 Å². The smallest absolute Gasteiger partial charge is 0.416 e. The average molecular weight is 552 g/mol. The summed E-state index contributed by atoms with van der Waals surface area (Å²) in [6.07, 6.45) is -3.77. The molecule has 1 aliphatic rings. The summed E-state index contributed by atoms with van der Waals surface area (Å²) >= 11 is 0. The largest absolute Gasteiger partial charge is 0.481 e. The Kier molecular flexibility index (Phi) is 7.53. The van der Waals surface area contributed by atoms with Crippen LogP contribution in [0.2, 0.25) is 0 Å². The third-order valence-corrected chi connectivity index (χ3v) is 7.38. The summed E-state index contributed by atoms with van der Waals surface area (Å²) in [6.45, 7) is 1.56. The molecule has 208 valence electrons. The highest BCUT2D eigenvalue weighted by Crippen LogP contribution is 2.51. The third-order valence-electron chi connectivity index (χ3n) is 7.38. The Labute approximate surface area is 229 Å². The summed E-state index contributed by atoms with van der Waals surface area (Å²) in [5.41, 5.74) is 4.27. The van der Waals surface area contributed by atoms with E-state index in [4.69, 9.17) is 9.26 Å². The number of hydrogen-bond donors (Lipinski definition) is 2. The van der Waals surface area contributed by atoms with Crippen LogP contribution in [0.3, 0.4) is 0 Å². The van der Waals surface area contributed by atoms with Crippen LogP contribution in [0.25, 0.3) is 22.5 Å². The van der Waals surface area contributed by atoms with Crippen molar-refractivity contribution >= 4 is 5.97 Å². The van der Waals surface area contributed by atoms with E-state index in [-0.39, 0.29) is 24.9 Å². The molecular formula is C31H28F3NO5. The molecule has 1 aromatic heterocycles. The van der Waals surface area contributed by atoms with Crippen LogP contribution in [0.1, 0.15) is 47.2 Å². The van der Waals surface area contributed by atoms with Gasteiger partial charge in [0, 0.05) is 23.0 Å². The Morgan fingerprint density at radius 1 is 1.02 bits per heavy atom. The number of aliphatic hydroxyl groups excluding tert-OH is 1. The quantitative estimate of drug-likeness (QED) is 0.208. The maximum absolute atomic E-state index is 13.0. The van der Waals surface area contributed by atoms with Crippen molar-refractivity contribution in [3.8, 4) is 22.5 Å². The van der Waals surface area contributed by atoms with Crippen molar-refractivity contribution in [2.24, 2.45) is 0 Å². The van der Waals surface area contributed by atoms with E-state index in [1.54, 1.807) is 6.92 Å². The fourth-order valence-corrected chi connectivity index (χ4v) is 4.96. The van der Waals surface area contributed by atoms with Gasteiger partial charge in [0.1, 0.15) is 0 Å². The molecular weight excluding hydrogens is 523 g/mol. The molecule has 1 aliphatic carbocycles. The van der Waals surface area contributed by atoms with Gasteiger partial charge in [0.15, 0.2) is 12.1 Å². The van der Waals surface area contributed by atoms with Crippen LogP contribution in [0.5, 0.6) is 0 Å². The van der Waals surface area contributed by atoms with Gasteiger partial charge in [0.2, 0.25) is 0 Å². The van der Waals surface area contributed by atoms with E-state index >= 15 is 0 Å². The van der Waals surface area contributed by atoms with E-state index in [0.717, 1.165) is 47.2 Å². The second-order valence-corrected chi connectivity index (χ2v) is 10.2. The fraction of sp³-hybridized carbons (Fsp3) is 0.290. The lowest BCUT2D eigenvalue weighted by molar-refractivity contribution is -0.138. The van der Waals surface area contributed by atoms with Crippen molar-refractivity contribution in [2.75, 3.05) is 0 Å². The number of carboxylic acid groups (broad SMARTS) is 1. The van der Waals surface area contributed by atoms with Crippen LogP contribution in [0, 0.1) is 6.92 Å². The Balaban J connectivity index is 1.25. The lowest BCUT2D eigenvalue weighted by Gasteiger charge is -2.14. The van der Waals surface area contributed by atoms with Gasteiger partial charge in [-0.25, -0.2) is 0 Å². The minimum atomic E-state index is -4.45. The molecule has 1 unspecified atom stereocenters. The SMILES string of the molecule is Cc1noc(-c2ccc(-c3ccc(C4(CC(=O)O)CC4)cc3)cc2)c1CC(O)OCc1cccc(C(F)(F)F)c1. The number of ether oxygens (including phenoxy) is 1. The monoisotopic (exact) mass is 551 g/mol. The molecule has 0 bridgehead atoms. The Morgan fingerprint density at radius 2 is 1.65 bits per heavy atom. The topological polar surface area (TPSA) is 92.8 Å². The minimum absolute atomic E-state index is 0.0466. The van der Waals surface area contributed by atoms with Crippen molar-refractivity contribution in [3.63, 3.8) is 0 Å². The molecule has 0 saturated heterocycles. The summed E-state index contributed by atoms with van der Waals surface area (Å²) in [5, 5.41) is 23.7. The number of rotatable bonds is 10. The van der Waals surface area contributed by atoms with Gasteiger partial charge in [-0.1, -0.05) is 65.8 Å². The first-order valence-corrected chi connectivity index (χ1v) is 12.9. The van der Waals surface area contributed by atoms with Crippen molar-refractivity contribution < 1.29 is 37.4 Å². The molecule has 1 atom stereocenters. The normalized spacial score (nSPS) is 15.1. The zero-order valence-corrected chi connectivity index (χ0v) is 21.7. The molecule has 5 rings (SSSR count). The molecule has 1 fully saturated rings.